The van der Waals surface area contributed by atoms with Crippen molar-refractivity contribution >= 4 is 23.3 Å². The predicted octanol–water partition coefficient (Wildman–Crippen LogP) is 4.80. The molecular weight excluding hydrogens is 355 g/mol. The van der Waals surface area contributed by atoms with Crippen LogP contribution in [0.5, 0.6) is 0 Å². The molecule has 0 aliphatic rings. The van der Waals surface area contributed by atoms with E-state index in [9.17, 15) is 18.0 Å². The summed E-state index contributed by atoms with van der Waals surface area (Å²) in [5, 5.41) is 7.16. The molecule has 1 aromatic heterocycles. The number of aromatic nitrogens is 2. The van der Waals surface area contributed by atoms with Crippen molar-refractivity contribution in [3.8, 4) is 5.69 Å². The Labute approximate surface area is 145 Å². The number of nitrogens with one attached hydrogen (secondary N) is 1. The third-order valence-corrected chi connectivity index (χ3v) is 3.59. The number of alkyl halides is 3. The second-order valence-corrected chi connectivity index (χ2v) is 5.59. The van der Waals surface area contributed by atoms with Crippen LogP contribution >= 0.6 is 11.6 Å². The molecule has 0 saturated carbocycles. The van der Waals surface area contributed by atoms with Crippen molar-refractivity contribution in [1.82, 2.24) is 9.78 Å². The van der Waals surface area contributed by atoms with Gasteiger partial charge in [0.05, 0.1) is 11.3 Å². The Bertz CT molecular complexity index is 921. The van der Waals surface area contributed by atoms with E-state index in [-0.39, 0.29) is 11.4 Å². The topological polar surface area (TPSA) is 46.9 Å². The maximum atomic E-state index is 12.7. The molecule has 0 bridgehead atoms. The van der Waals surface area contributed by atoms with Gasteiger partial charge in [0, 0.05) is 22.8 Å². The number of carbonyl (C=O) groups excluding carboxylic acids is 1. The molecule has 128 valence electrons. The fraction of sp³-hybridized carbons (Fsp3) is 0.0588. The van der Waals surface area contributed by atoms with Crippen molar-refractivity contribution in [2.75, 3.05) is 5.32 Å². The van der Waals surface area contributed by atoms with E-state index < -0.39 is 17.6 Å². The zero-order valence-electron chi connectivity index (χ0n) is 12.6. The standard InChI is InChI=1S/C17H11ClF3N3O/c18-13-5-2-6-14(10-13)24-8-7-15(23-24)22-16(25)11-3-1-4-12(9-11)17(19,20)21/h1-10H,(H,22,23,25). The van der Waals surface area contributed by atoms with Crippen LogP contribution < -0.4 is 5.32 Å². The van der Waals surface area contributed by atoms with Gasteiger partial charge in [-0.1, -0.05) is 23.7 Å². The molecule has 0 radical (unpaired) electrons. The van der Waals surface area contributed by atoms with Crippen molar-refractivity contribution in [3.05, 3.63) is 76.9 Å². The molecule has 3 rings (SSSR count). The molecule has 25 heavy (non-hydrogen) atoms. The molecule has 8 heteroatoms. The van der Waals surface area contributed by atoms with Crippen LogP contribution in [0.3, 0.4) is 0 Å². The second-order valence-electron chi connectivity index (χ2n) is 5.16. The van der Waals surface area contributed by atoms with Crippen LogP contribution in [0.4, 0.5) is 19.0 Å². The summed E-state index contributed by atoms with van der Waals surface area (Å²) in [4.78, 5) is 12.1. The van der Waals surface area contributed by atoms with Gasteiger partial charge >= 0.3 is 6.18 Å². The maximum absolute atomic E-state index is 12.7. The first-order valence-corrected chi connectivity index (χ1v) is 7.51. The van der Waals surface area contributed by atoms with Crippen molar-refractivity contribution < 1.29 is 18.0 Å². The molecule has 0 fully saturated rings. The quantitative estimate of drug-likeness (QED) is 0.725. The molecule has 0 spiro atoms. The monoisotopic (exact) mass is 365 g/mol. The highest BCUT2D eigenvalue weighted by molar-refractivity contribution is 6.30. The summed E-state index contributed by atoms with van der Waals surface area (Å²) in [6.07, 6.45) is -2.90. The molecular formula is C17H11ClF3N3O. The Balaban J connectivity index is 1.78. The minimum atomic E-state index is -4.51. The van der Waals surface area contributed by atoms with Gasteiger partial charge in [-0.2, -0.15) is 18.3 Å². The van der Waals surface area contributed by atoms with Gasteiger partial charge < -0.3 is 5.32 Å². The Morgan fingerprint density at radius 3 is 2.56 bits per heavy atom. The van der Waals surface area contributed by atoms with E-state index in [0.717, 1.165) is 12.1 Å². The van der Waals surface area contributed by atoms with Crippen molar-refractivity contribution in [2.24, 2.45) is 0 Å². The average Bonchev–Trinajstić information content (AvgIpc) is 3.03. The summed E-state index contributed by atoms with van der Waals surface area (Å²) >= 11 is 5.91. The highest BCUT2D eigenvalue weighted by Gasteiger charge is 2.30. The summed E-state index contributed by atoms with van der Waals surface area (Å²) < 4.78 is 39.7. The third kappa shape index (κ3) is 4.00. The van der Waals surface area contributed by atoms with Crippen LogP contribution in [0.2, 0.25) is 5.02 Å². The van der Waals surface area contributed by atoms with Crippen LogP contribution in [-0.4, -0.2) is 15.7 Å². The first-order valence-electron chi connectivity index (χ1n) is 7.13. The number of nitrogens with zero attached hydrogens (tertiary/aromatic N) is 2. The molecule has 0 aliphatic heterocycles. The van der Waals surface area contributed by atoms with Gasteiger partial charge in [0.15, 0.2) is 5.82 Å². The normalized spacial score (nSPS) is 11.4. The van der Waals surface area contributed by atoms with E-state index in [4.69, 9.17) is 11.6 Å². The van der Waals surface area contributed by atoms with Crippen LogP contribution in [0, 0.1) is 0 Å². The van der Waals surface area contributed by atoms with E-state index >= 15 is 0 Å². The van der Waals surface area contributed by atoms with Crippen molar-refractivity contribution in [1.29, 1.82) is 0 Å². The van der Waals surface area contributed by atoms with E-state index in [1.807, 2.05) is 0 Å². The van der Waals surface area contributed by atoms with Gasteiger partial charge in [0.25, 0.3) is 5.91 Å². The Kier molecular flexibility index (Phi) is 4.50. The second kappa shape index (κ2) is 6.60. The molecule has 2 aromatic carbocycles. The highest BCUT2D eigenvalue weighted by atomic mass is 35.5. The number of hydrogen-bond acceptors (Lipinski definition) is 2. The predicted molar refractivity (Wildman–Crippen MR) is 88.0 cm³/mol. The summed E-state index contributed by atoms with van der Waals surface area (Å²) in [6, 6.07) is 12.6. The fourth-order valence-corrected chi connectivity index (χ4v) is 2.36. The molecule has 0 unspecified atom stereocenters. The lowest BCUT2D eigenvalue weighted by molar-refractivity contribution is -0.137. The number of halogens is 4. The SMILES string of the molecule is O=C(Nc1ccn(-c2cccc(Cl)c2)n1)c1cccc(C(F)(F)F)c1. The molecule has 0 aliphatic carbocycles. The molecule has 3 aromatic rings. The smallest absolute Gasteiger partial charge is 0.305 e. The van der Waals surface area contributed by atoms with Crippen molar-refractivity contribution in [3.63, 3.8) is 0 Å². The van der Waals surface area contributed by atoms with Gasteiger partial charge in [-0.15, -0.1) is 0 Å². The zero-order chi connectivity index (χ0) is 18.0. The minimum absolute atomic E-state index is 0.105. The molecule has 4 nitrogen and oxygen atoms in total. The van der Waals surface area contributed by atoms with Gasteiger partial charge in [-0.3, -0.25) is 4.79 Å². The van der Waals surface area contributed by atoms with Gasteiger partial charge in [0.2, 0.25) is 0 Å². The summed E-state index contributed by atoms with van der Waals surface area (Å²) in [5.74, 6) is -0.468. The number of carbonyl (C=O) groups is 1. The lowest BCUT2D eigenvalue weighted by Gasteiger charge is -2.08. The lowest BCUT2D eigenvalue weighted by atomic mass is 10.1. The first-order chi connectivity index (χ1) is 11.8. The zero-order valence-corrected chi connectivity index (χ0v) is 13.3. The Morgan fingerprint density at radius 2 is 1.84 bits per heavy atom. The number of benzene rings is 2. The van der Waals surface area contributed by atoms with Gasteiger partial charge in [0.1, 0.15) is 0 Å². The van der Waals surface area contributed by atoms with Crippen molar-refractivity contribution in [2.45, 2.75) is 6.18 Å². The maximum Gasteiger partial charge on any atom is 0.416 e. The molecule has 1 heterocycles. The molecule has 0 saturated heterocycles. The van der Waals surface area contributed by atoms with Crippen LogP contribution in [0.1, 0.15) is 15.9 Å². The molecule has 0 atom stereocenters. The third-order valence-electron chi connectivity index (χ3n) is 3.36. The summed E-state index contributed by atoms with van der Waals surface area (Å²) in [6.45, 7) is 0. The summed E-state index contributed by atoms with van der Waals surface area (Å²) in [7, 11) is 0. The minimum Gasteiger partial charge on any atom is -0.305 e. The van der Waals surface area contributed by atoms with Gasteiger partial charge in [-0.25, -0.2) is 4.68 Å². The number of rotatable bonds is 3. The lowest BCUT2D eigenvalue weighted by Crippen LogP contribution is -2.14. The van der Waals surface area contributed by atoms with Crippen LogP contribution in [0.25, 0.3) is 5.69 Å². The van der Waals surface area contributed by atoms with E-state index in [1.165, 1.54) is 22.9 Å². The average molecular weight is 366 g/mol. The Hall–Kier alpha value is -2.80. The number of amides is 1. The largest absolute Gasteiger partial charge is 0.416 e. The molecule has 1 amide bonds. The van der Waals surface area contributed by atoms with E-state index in [2.05, 4.69) is 10.4 Å². The first kappa shape index (κ1) is 17.0. The van der Waals surface area contributed by atoms with Crippen LogP contribution in [-0.2, 0) is 6.18 Å². The van der Waals surface area contributed by atoms with Gasteiger partial charge in [-0.05, 0) is 36.4 Å². The number of hydrogen-bond donors (Lipinski definition) is 1. The molecule has 1 N–H and O–H groups in total. The Morgan fingerprint density at radius 1 is 1.08 bits per heavy atom. The fourth-order valence-electron chi connectivity index (χ4n) is 2.18. The summed E-state index contributed by atoms with van der Waals surface area (Å²) in [5.41, 5.74) is -0.302. The number of anilines is 1. The van der Waals surface area contributed by atoms with Crippen LogP contribution in [0.15, 0.2) is 60.8 Å². The highest BCUT2D eigenvalue weighted by Crippen LogP contribution is 2.29. The van der Waals surface area contributed by atoms with E-state index in [1.54, 1.807) is 30.5 Å². The van der Waals surface area contributed by atoms with E-state index in [0.29, 0.717) is 10.7 Å².